The van der Waals surface area contributed by atoms with Gasteiger partial charge in [-0.05, 0) is 45.2 Å². The molecule has 1 N–H and O–H groups in total. The van der Waals surface area contributed by atoms with E-state index < -0.39 is 5.60 Å². The molecule has 1 unspecified atom stereocenters. The van der Waals surface area contributed by atoms with Crippen molar-refractivity contribution in [2.24, 2.45) is 5.92 Å². The van der Waals surface area contributed by atoms with Gasteiger partial charge in [0, 0.05) is 24.7 Å². The van der Waals surface area contributed by atoms with Gasteiger partial charge in [0.05, 0.1) is 28.5 Å². The summed E-state index contributed by atoms with van der Waals surface area (Å²) in [5, 5.41) is 12.9. The van der Waals surface area contributed by atoms with Gasteiger partial charge in [-0.15, -0.1) is 0 Å². The van der Waals surface area contributed by atoms with Gasteiger partial charge in [0.1, 0.15) is 11.6 Å². The second-order valence-electron chi connectivity index (χ2n) is 8.82. The van der Waals surface area contributed by atoms with E-state index >= 15 is 0 Å². The first-order valence-corrected chi connectivity index (χ1v) is 10.4. The van der Waals surface area contributed by atoms with Crippen LogP contribution in [0.1, 0.15) is 32.8 Å². The molecule has 3 heterocycles. The van der Waals surface area contributed by atoms with Crippen LogP contribution in [-0.2, 0) is 9.53 Å². The van der Waals surface area contributed by atoms with E-state index in [1.165, 1.54) is 0 Å². The Balaban J connectivity index is 1.46. The summed E-state index contributed by atoms with van der Waals surface area (Å²) >= 11 is 6.34. The molecule has 1 aromatic carbocycles. The summed E-state index contributed by atoms with van der Waals surface area (Å²) in [6.45, 7) is 7.13. The molecule has 0 spiro atoms. The number of benzene rings is 1. The molecular weight excluding hydrogens is 402 g/mol. The highest BCUT2D eigenvalue weighted by Gasteiger charge is 2.44. The van der Waals surface area contributed by atoms with E-state index in [0.29, 0.717) is 28.1 Å². The molecule has 1 aromatic heterocycles. The molecule has 0 bridgehead atoms. The molecule has 2 aromatic rings. The number of hydrogen-bond acceptors (Lipinski definition) is 7. The molecule has 0 aliphatic carbocycles. The van der Waals surface area contributed by atoms with Crippen LogP contribution in [0.2, 0.25) is 5.02 Å². The van der Waals surface area contributed by atoms with Crippen molar-refractivity contribution >= 4 is 23.5 Å². The minimum absolute atomic E-state index is 0.186. The Labute approximate surface area is 181 Å². The zero-order chi connectivity index (χ0) is 21.5. The van der Waals surface area contributed by atoms with E-state index in [2.05, 4.69) is 21.3 Å². The molecule has 0 radical (unpaired) electrons. The molecule has 3 atom stereocenters. The van der Waals surface area contributed by atoms with E-state index in [1.54, 1.807) is 18.3 Å². The minimum Gasteiger partial charge on any atom is -0.459 e. The number of hydrogen-bond donors (Lipinski definition) is 1. The molecule has 8 heteroatoms. The van der Waals surface area contributed by atoms with Crippen LogP contribution < -0.4 is 10.2 Å². The molecule has 2 aliphatic rings. The highest BCUT2D eigenvalue weighted by atomic mass is 35.5. The number of carbonyl (C=O) groups is 1. The number of fused-ring (bicyclic) bond motifs is 1. The number of nitriles is 1. The molecule has 2 aliphatic heterocycles. The summed E-state index contributed by atoms with van der Waals surface area (Å²) < 4.78 is 5.52. The summed E-state index contributed by atoms with van der Waals surface area (Å²) in [5.74, 6) is 0.762. The predicted molar refractivity (Wildman–Crippen MR) is 114 cm³/mol. The lowest BCUT2D eigenvalue weighted by atomic mass is 10.0. The van der Waals surface area contributed by atoms with Crippen molar-refractivity contribution in [1.82, 2.24) is 15.3 Å². The molecule has 30 heavy (non-hydrogen) atoms. The third kappa shape index (κ3) is 4.25. The molecule has 0 saturated carbocycles. The standard InChI is InChI=1S/C22H24ClN5O2/c1-22(2,3)30-20(29)17-8-15-11-28(12-18(15)26-17)21-25-10-16(23)19(27-21)14-6-4-13(9-24)5-7-14/h4-7,10,15,17-18,26H,8,11-12H2,1-3H3/t15-,17?,18-/m1/s1. The topological polar surface area (TPSA) is 91.1 Å². The number of anilines is 1. The minimum atomic E-state index is -0.485. The lowest BCUT2D eigenvalue weighted by Crippen LogP contribution is -2.42. The Morgan fingerprint density at radius 1 is 1.30 bits per heavy atom. The number of esters is 1. The number of rotatable bonds is 3. The normalized spacial score (nSPS) is 23.2. The van der Waals surface area contributed by atoms with E-state index in [4.69, 9.17) is 26.6 Å². The van der Waals surface area contributed by atoms with Gasteiger partial charge < -0.3 is 9.64 Å². The van der Waals surface area contributed by atoms with Crippen molar-refractivity contribution in [2.75, 3.05) is 18.0 Å². The smallest absolute Gasteiger partial charge is 0.323 e. The average Bonchev–Trinajstić information content (AvgIpc) is 3.27. The maximum absolute atomic E-state index is 12.4. The van der Waals surface area contributed by atoms with Crippen molar-refractivity contribution < 1.29 is 9.53 Å². The summed E-state index contributed by atoms with van der Waals surface area (Å²) in [7, 11) is 0. The van der Waals surface area contributed by atoms with E-state index in [9.17, 15) is 4.79 Å². The van der Waals surface area contributed by atoms with Crippen molar-refractivity contribution in [3.05, 3.63) is 41.0 Å². The van der Waals surface area contributed by atoms with Gasteiger partial charge in [0.2, 0.25) is 5.95 Å². The lowest BCUT2D eigenvalue weighted by molar-refractivity contribution is -0.157. The monoisotopic (exact) mass is 425 g/mol. The van der Waals surface area contributed by atoms with E-state index in [0.717, 1.165) is 25.1 Å². The number of aromatic nitrogens is 2. The first-order valence-electron chi connectivity index (χ1n) is 10.0. The molecule has 4 rings (SSSR count). The largest absolute Gasteiger partial charge is 0.459 e. The number of nitrogens with one attached hydrogen (secondary N) is 1. The quantitative estimate of drug-likeness (QED) is 0.755. The number of halogens is 1. The van der Waals surface area contributed by atoms with E-state index in [-0.39, 0.29) is 18.1 Å². The summed E-state index contributed by atoms with van der Waals surface area (Å²) in [6, 6.07) is 9.20. The van der Waals surface area contributed by atoms with Crippen LogP contribution in [0.3, 0.4) is 0 Å². The van der Waals surface area contributed by atoms with Crippen molar-refractivity contribution in [3.63, 3.8) is 0 Å². The van der Waals surface area contributed by atoms with Gasteiger partial charge in [-0.25, -0.2) is 9.97 Å². The SMILES string of the molecule is CC(C)(C)OC(=O)C1C[C@@H]2CN(c3ncc(Cl)c(-c4ccc(C#N)cc4)n3)C[C@H]2N1. The third-order valence-corrected chi connectivity index (χ3v) is 5.66. The Kier molecular flexibility index (Phi) is 5.39. The Morgan fingerprint density at radius 3 is 2.67 bits per heavy atom. The van der Waals surface area contributed by atoms with Crippen LogP contribution in [0.4, 0.5) is 5.95 Å². The highest BCUT2D eigenvalue weighted by molar-refractivity contribution is 6.32. The lowest BCUT2D eigenvalue weighted by Gasteiger charge is -2.24. The third-order valence-electron chi connectivity index (χ3n) is 5.39. The van der Waals surface area contributed by atoms with Crippen LogP contribution in [0.25, 0.3) is 11.3 Å². The first-order chi connectivity index (χ1) is 14.2. The second kappa shape index (κ2) is 7.86. The number of nitrogens with zero attached hydrogens (tertiary/aromatic N) is 4. The molecule has 0 amide bonds. The van der Waals surface area contributed by atoms with Crippen LogP contribution in [0.5, 0.6) is 0 Å². The Morgan fingerprint density at radius 2 is 2.03 bits per heavy atom. The fourth-order valence-electron chi connectivity index (χ4n) is 4.04. The Bertz CT molecular complexity index is 982. The van der Waals surface area contributed by atoms with Gasteiger partial charge in [0.15, 0.2) is 0 Å². The highest BCUT2D eigenvalue weighted by Crippen LogP contribution is 2.33. The maximum Gasteiger partial charge on any atom is 0.323 e. The van der Waals surface area contributed by atoms with Crippen molar-refractivity contribution in [3.8, 4) is 17.3 Å². The summed E-state index contributed by atoms with van der Waals surface area (Å²) in [4.78, 5) is 23.6. The second-order valence-corrected chi connectivity index (χ2v) is 9.22. The first kappa shape index (κ1) is 20.6. The Hall–Kier alpha value is -2.69. The number of carbonyl (C=O) groups excluding carboxylic acids is 1. The van der Waals surface area contributed by atoms with Gasteiger partial charge in [0.25, 0.3) is 0 Å². The van der Waals surface area contributed by atoms with Crippen LogP contribution >= 0.6 is 11.6 Å². The molecule has 7 nitrogen and oxygen atoms in total. The zero-order valence-corrected chi connectivity index (χ0v) is 18.0. The van der Waals surface area contributed by atoms with Gasteiger partial charge >= 0.3 is 5.97 Å². The fourth-order valence-corrected chi connectivity index (χ4v) is 4.24. The molecule has 2 saturated heterocycles. The van der Waals surface area contributed by atoms with Crippen LogP contribution in [0, 0.1) is 17.2 Å². The van der Waals surface area contributed by atoms with Crippen molar-refractivity contribution in [1.29, 1.82) is 5.26 Å². The fraction of sp³-hybridized carbons (Fsp3) is 0.455. The van der Waals surface area contributed by atoms with Crippen molar-refractivity contribution in [2.45, 2.75) is 44.9 Å². The number of ether oxygens (including phenoxy) is 1. The summed E-state index contributed by atoms with van der Waals surface area (Å²) in [5.41, 5.74) is 1.58. The van der Waals surface area contributed by atoms with Gasteiger partial charge in [-0.1, -0.05) is 23.7 Å². The predicted octanol–water partition coefficient (Wildman–Crippen LogP) is 3.18. The van der Waals surface area contributed by atoms with Gasteiger partial charge in [-0.3, -0.25) is 10.1 Å². The van der Waals surface area contributed by atoms with E-state index in [1.807, 2.05) is 32.9 Å². The maximum atomic E-state index is 12.4. The molecule has 156 valence electrons. The van der Waals surface area contributed by atoms with Crippen LogP contribution in [0.15, 0.2) is 30.5 Å². The molecule has 2 fully saturated rings. The van der Waals surface area contributed by atoms with Gasteiger partial charge in [-0.2, -0.15) is 5.26 Å². The zero-order valence-electron chi connectivity index (χ0n) is 17.2. The summed E-state index contributed by atoms with van der Waals surface area (Å²) in [6.07, 6.45) is 2.36. The molecular formula is C22H24ClN5O2. The van der Waals surface area contributed by atoms with Crippen LogP contribution in [-0.4, -0.2) is 46.7 Å². The average molecular weight is 426 g/mol.